The maximum Gasteiger partial charge on any atom is 0.0358 e. The van der Waals surface area contributed by atoms with Crippen LogP contribution >= 0.6 is 11.8 Å². The lowest BCUT2D eigenvalue weighted by Crippen LogP contribution is -2.13. The predicted molar refractivity (Wildman–Crippen MR) is 49.9 cm³/mol. The van der Waals surface area contributed by atoms with Gasteiger partial charge in [0.15, 0.2) is 0 Å². The van der Waals surface area contributed by atoms with Crippen LogP contribution < -0.4 is 5.73 Å². The molecule has 2 nitrogen and oxygen atoms in total. The highest BCUT2D eigenvalue weighted by Gasteiger charge is 1.95. The Morgan fingerprint density at radius 1 is 1.50 bits per heavy atom. The lowest BCUT2D eigenvalue weighted by molar-refractivity contribution is 0.683. The number of nitrogens with two attached hydrogens (primary N) is 1. The Balaban J connectivity index is 3.05. The van der Waals surface area contributed by atoms with E-state index in [0.29, 0.717) is 12.3 Å². The van der Waals surface area contributed by atoms with Gasteiger partial charge in [0, 0.05) is 34.6 Å². The molecule has 0 aromatic heterocycles. The third kappa shape index (κ3) is 6.58. The molecule has 0 aliphatic rings. The van der Waals surface area contributed by atoms with Gasteiger partial charge in [0.2, 0.25) is 0 Å². The van der Waals surface area contributed by atoms with Crippen LogP contribution in [0.4, 0.5) is 0 Å². The Hall–Kier alpha value is 0.460. The van der Waals surface area contributed by atoms with Crippen LogP contribution in [0.2, 0.25) is 0 Å². The van der Waals surface area contributed by atoms with Crippen LogP contribution in [0.1, 0.15) is 6.92 Å². The minimum absolute atomic E-state index is 0.545. The zero-order valence-electron chi connectivity index (χ0n) is 6.34. The summed E-state index contributed by atoms with van der Waals surface area (Å²) in [6, 6.07) is 0. The van der Waals surface area contributed by atoms with Crippen molar-refractivity contribution >= 4 is 22.6 Å². The second kappa shape index (κ2) is 7.57. The normalized spacial score (nSPS) is 13.4. The van der Waals surface area contributed by atoms with Crippen LogP contribution in [0.5, 0.6) is 0 Å². The number of hydrogen-bond donors (Lipinski definition) is 1. The molecular weight excluding hydrogens is 166 g/mol. The van der Waals surface area contributed by atoms with Gasteiger partial charge in [-0.1, -0.05) is 6.92 Å². The van der Waals surface area contributed by atoms with Crippen LogP contribution in [0.15, 0.2) is 0 Å². The molecule has 2 N–H and O–H groups in total. The first-order valence-electron chi connectivity index (χ1n) is 3.44. The van der Waals surface area contributed by atoms with E-state index in [9.17, 15) is 4.21 Å². The Kier molecular flexibility index (Phi) is 7.91. The molecule has 0 fully saturated rings. The molecule has 0 rings (SSSR count). The molecule has 0 bridgehead atoms. The standard InChI is InChI=1S/C6H15NOS2/c1-2-9-4-6-10(8)5-3-7/h2-7H2,1H3. The largest absolute Gasteiger partial charge is 0.330 e. The lowest BCUT2D eigenvalue weighted by atomic mass is 10.8. The SMILES string of the molecule is CCSCCS(=O)CCN. The number of hydrogen-bond acceptors (Lipinski definition) is 3. The summed E-state index contributed by atoms with van der Waals surface area (Å²) in [7, 11) is -0.667. The Bertz CT molecular complexity index is 97.7. The maximum absolute atomic E-state index is 10.9. The first-order chi connectivity index (χ1) is 4.81. The van der Waals surface area contributed by atoms with Gasteiger partial charge in [0.05, 0.1) is 0 Å². The Labute approximate surface area is 69.4 Å². The highest BCUT2D eigenvalue weighted by Crippen LogP contribution is 1.98. The highest BCUT2D eigenvalue weighted by atomic mass is 32.2. The third-order valence-electron chi connectivity index (χ3n) is 1.00. The summed E-state index contributed by atoms with van der Waals surface area (Å²) in [5.41, 5.74) is 5.23. The molecule has 0 amide bonds. The molecular formula is C6H15NOS2. The molecule has 0 saturated carbocycles. The minimum Gasteiger partial charge on any atom is -0.330 e. The van der Waals surface area contributed by atoms with Crippen molar-refractivity contribution in [1.29, 1.82) is 0 Å². The maximum atomic E-state index is 10.9. The fourth-order valence-corrected chi connectivity index (χ4v) is 2.50. The van der Waals surface area contributed by atoms with Gasteiger partial charge in [0.25, 0.3) is 0 Å². The van der Waals surface area contributed by atoms with Gasteiger partial charge in [-0.25, -0.2) is 0 Å². The molecule has 4 heteroatoms. The molecule has 1 atom stereocenters. The average molecular weight is 181 g/mol. The van der Waals surface area contributed by atoms with Crippen molar-refractivity contribution in [3.05, 3.63) is 0 Å². The zero-order valence-corrected chi connectivity index (χ0v) is 7.97. The summed E-state index contributed by atoms with van der Waals surface area (Å²) in [4.78, 5) is 0. The zero-order chi connectivity index (χ0) is 7.82. The van der Waals surface area contributed by atoms with E-state index < -0.39 is 10.8 Å². The average Bonchev–Trinajstić information content (AvgIpc) is 1.89. The topological polar surface area (TPSA) is 43.1 Å². The van der Waals surface area contributed by atoms with Crippen molar-refractivity contribution in [3.63, 3.8) is 0 Å². The van der Waals surface area contributed by atoms with Crippen molar-refractivity contribution in [2.75, 3.05) is 29.6 Å². The van der Waals surface area contributed by atoms with Crippen molar-refractivity contribution < 1.29 is 4.21 Å². The van der Waals surface area contributed by atoms with E-state index in [1.807, 2.05) is 11.8 Å². The Morgan fingerprint density at radius 2 is 2.20 bits per heavy atom. The highest BCUT2D eigenvalue weighted by molar-refractivity contribution is 8.00. The first kappa shape index (κ1) is 10.5. The number of thioether (sulfide) groups is 1. The molecule has 1 unspecified atom stereocenters. The number of rotatable bonds is 6. The van der Waals surface area contributed by atoms with Gasteiger partial charge in [0.1, 0.15) is 0 Å². The molecule has 0 radical (unpaired) electrons. The van der Waals surface area contributed by atoms with Crippen molar-refractivity contribution in [3.8, 4) is 0 Å². The molecule has 0 spiro atoms. The summed E-state index contributed by atoms with van der Waals surface area (Å²) in [5.74, 6) is 3.57. The molecule has 0 saturated heterocycles. The minimum atomic E-state index is -0.667. The fraction of sp³-hybridized carbons (Fsp3) is 1.00. The van der Waals surface area contributed by atoms with Crippen LogP contribution in [-0.4, -0.2) is 33.8 Å². The molecule has 62 valence electrons. The second-order valence-electron chi connectivity index (χ2n) is 1.83. The molecule has 0 aromatic rings. The van der Waals surface area contributed by atoms with Crippen LogP contribution in [0.3, 0.4) is 0 Å². The van der Waals surface area contributed by atoms with E-state index in [-0.39, 0.29) is 0 Å². The smallest absolute Gasteiger partial charge is 0.0358 e. The van der Waals surface area contributed by atoms with Gasteiger partial charge in [-0.3, -0.25) is 4.21 Å². The molecule has 10 heavy (non-hydrogen) atoms. The predicted octanol–water partition coefficient (Wildman–Crippen LogP) is 0.447. The van der Waals surface area contributed by atoms with E-state index in [2.05, 4.69) is 6.92 Å². The second-order valence-corrected chi connectivity index (χ2v) is 4.92. The van der Waals surface area contributed by atoms with E-state index >= 15 is 0 Å². The summed E-state index contributed by atoms with van der Waals surface area (Å²) in [6.07, 6.45) is 0. The van der Waals surface area contributed by atoms with E-state index in [4.69, 9.17) is 5.73 Å². The van der Waals surface area contributed by atoms with Gasteiger partial charge in [-0.05, 0) is 5.75 Å². The summed E-state index contributed by atoms with van der Waals surface area (Å²) < 4.78 is 10.9. The third-order valence-corrected chi connectivity index (χ3v) is 3.51. The van der Waals surface area contributed by atoms with Gasteiger partial charge < -0.3 is 5.73 Å². The summed E-state index contributed by atoms with van der Waals surface area (Å²) in [6.45, 7) is 2.65. The van der Waals surface area contributed by atoms with Crippen LogP contribution in [0, 0.1) is 0 Å². The van der Waals surface area contributed by atoms with E-state index in [1.54, 1.807) is 0 Å². The molecule has 0 aliphatic heterocycles. The summed E-state index contributed by atoms with van der Waals surface area (Å²) >= 11 is 1.83. The van der Waals surface area contributed by atoms with E-state index in [0.717, 1.165) is 17.3 Å². The lowest BCUT2D eigenvalue weighted by Gasteiger charge is -1.97. The first-order valence-corrected chi connectivity index (χ1v) is 6.08. The Morgan fingerprint density at radius 3 is 2.70 bits per heavy atom. The monoisotopic (exact) mass is 181 g/mol. The molecule has 0 heterocycles. The van der Waals surface area contributed by atoms with Crippen molar-refractivity contribution in [2.45, 2.75) is 6.92 Å². The summed E-state index contributed by atoms with van der Waals surface area (Å²) in [5, 5.41) is 0. The molecule has 0 aromatic carbocycles. The quantitative estimate of drug-likeness (QED) is 0.605. The fourth-order valence-electron chi connectivity index (χ4n) is 0.530. The molecule has 0 aliphatic carbocycles. The van der Waals surface area contributed by atoms with Crippen molar-refractivity contribution in [2.24, 2.45) is 5.73 Å². The van der Waals surface area contributed by atoms with Crippen molar-refractivity contribution in [1.82, 2.24) is 0 Å². The van der Waals surface area contributed by atoms with Crippen LogP contribution in [-0.2, 0) is 10.8 Å². The van der Waals surface area contributed by atoms with Crippen LogP contribution in [0.25, 0.3) is 0 Å². The van der Waals surface area contributed by atoms with Gasteiger partial charge in [-0.2, -0.15) is 11.8 Å². The van der Waals surface area contributed by atoms with E-state index in [1.165, 1.54) is 0 Å². The van der Waals surface area contributed by atoms with Gasteiger partial charge in [-0.15, -0.1) is 0 Å². The van der Waals surface area contributed by atoms with Gasteiger partial charge >= 0.3 is 0 Å².